The summed E-state index contributed by atoms with van der Waals surface area (Å²) in [6.07, 6.45) is 6.64. The molecule has 9 nitrogen and oxygen atoms in total. The van der Waals surface area contributed by atoms with Gasteiger partial charge in [0.1, 0.15) is 11.5 Å². The van der Waals surface area contributed by atoms with Gasteiger partial charge in [0.15, 0.2) is 5.82 Å². The first-order valence-electron chi connectivity index (χ1n) is 13.4. The lowest BCUT2D eigenvalue weighted by Crippen LogP contribution is -2.33. The third-order valence-corrected chi connectivity index (χ3v) is 7.63. The van der Waals surface area contributed by atoms with E-state index in [1.54, 1.807) is 14.2 Å². The number of aromatic amines is 1. The van der Waals surface area contributed by atoms with Crippen LogP contribution < -0.4 is 15.0 Å². The van der Waals surface area contributed by atoms with Crippen molar-refractivity contribution in [2.75, 3.05) is 14.2 Å². The van der Waals surface area contributed by atoms with Crippen molar-refractivity contribution in [1.29, 1.82) is 0 Å². The van der Waals surface area contributed by atoms with Crippen molar-refractivity contribution >= 4 is 10.9 Å². The van der Waals surface area contributed by atoms with Gasteiger partial charge in [0, 0.05) is 30.3 Å². The van der Waals surface area contributed by atoms with Gasteiger partial charge in [0.05, 0.1) is 31.8 Å². The summed E-state index contributed by atoms with van der Waals surface area (Å²) in [5.74, 6) is 2.38. The number of methoxy groups -OCH3 is 2. The standard InChI is InChI=1S/C29H36N6O3/c1-4-26(28-31-32-33-35(28)23-11-6-5-7-12-23)34(18-21-10-8-9-13-27(21)38-3)19-22-16-20-14-15-24(37-2)17-25(20)30-29(22)36/h8-10,13-17,23,26H,4-7,11-12,18-19H2,1-3H3,(H,30,36). The molecule has 0 bridgehead atoms. The number of para-hydroxylation sites is 1. The van der Waals surface area contributed by atoms with Crippen LogP contribution in [0.4, 0.5) is 0 Å². The predicted octanol–water partition coefficient (Wildman–Crippen LogP) is 5.19. The highest BCUT2D eigenvalue weighted by Gasteiger charge is 2.29. The zero-order valence-electron chi connectivity index (χ0n) is 22.4. The van der Waals surface area contributed by atoms with Crippen LogP contribution >= 0.6 is 0 Å². The summed E-state index contributed by atoms with van der Waals surface area (Å²) in [5.41, 5.74) is 2.37. The molecule has 1 fully saturated rings. The van der Waals surface area contributed by atoms with E-state index in [-0.39, 0.29) is 11.6 Å². The minimum Gasteiger partial charge on any atom is -0.497 e. The van der Waals surface area contributed by atoms with E-state index in [0.29, 0.717) is 30.4 Å². The van der Waals surface area contributed by atoms with Crippen molar-refractivity contribution in [2.24, 2.45) is 0 Å². The normalized spacial score (nSPS) is 15.2. The Morgan fingerprint density at radius 2 is 1.82 bits per heavy atom. The van der Waals surface area contributed by atoms with Crippen molar-refractivity contribution in [3.8, 4) is 11.5 Å². The summed E-state index contributed by atoms with van der Waals surface area (Å²) in [4.78, 5) is 18.6. The Labute approximate surface area is 222 Å². The van der Waals surface area contributed by atoms with Gasteiger partial charge >= 0.3 is 0 Å². The van der Waals surface area contributed by atoms with Gasteiger partial charge in [0.25, 0.3) is 5.56 Å². The van der Waals surface area contributed by atoms with Gasteiger partial charge in [-0.15, -0.1) is 5.10 Å². The van der Waals surface area contributed by atoms with Crippen LogP contribution in [0.2, 0.25) is 0 Å². The molecule has 1 unspecified atom stereocenters. The molecule has 0 spiro atoms. The molecule has 200 valence electrons. The molecule has 0 saturated heterocycles. The minimum absolute atomic E-state index is 0.0807. The lowest BCUT2D eigenvalue weighted by Gasteiger charge is -2.32. The maximum absolute atomic E-state index is 13.3. The molecule has 1 aliphatic rings. The number of ether oxygens (including phenoxy) is 2. The van der Waals surface area contributed by atoms with Crippen LogP contribution in [0.1, 0.15) is 74.5 Å². The van der Waals surface area contributed by atoms with Crippen molar-refractivity contribution in [3.63, 3.8) is 0 Å². The molecule has 2 aromatic carbocycles. The number of rotatable bonds is 10. The molecule has 0 amide bonds. The van der Waals surface area contributed by atoms with Gasteiger partial charge in [-0.05, 0) is 59.3 Å². The second-order valence-corrected chi connectivity index (χ2v) is 9.99. The van der Waals surface area contributed by atoms with Gasteiger partial charge < -0.3 is 14.5 Å². The average Bonchev–Trinajstić information content (AvgIpc) is 3.44. The predicted molar refractivity (Wildman–Crippen MR) is 146 cm³/mol. The van der Waals surface area contributed by atoms with E-state index in [1.807, 2.05) is 47.1 Å². The molecule has 2 aromatic heterocycles. The first-order chi connectivity index (χ1) is 18.6. The zero-order valence-corrected chi connectivity index (χ0v) is 22.4. The van der Waals surface area contributed by atoms with Crippen molar-refractivity contribution in [3.05, 3.63) is 75.8 Å². The molecule has 9 heteroatoms. The van der Waals surface area contributed by atoms with E-state index >= 15 is 0 Å². The minimum atomic E-state index is -0.113. The molecular weight excluding hydrogens is 480 g/mol. The third kappa shape index (κ3) is 5.43. The van der Waals surface area contributed by atoms with E-state index in [4.69, 9.17) is 9.47 Å². The summed E-state index contributed by atoms with van der Waals surface area (Å²) >= 11 is 0. The number of H-pyrrole nitrogens is 1. The highest BCUT2D eigenvalue weighted by Crippen LogP contribution is 2.33. The molecule has 2 heterocycles. The second-order valence-electron chi connectivity index (χ2n) is 9.99. The Hall–Kier alpha value is -3.72. The number of pyridine rings is 1. The Kier molecular flexibility index (Phi) is 8.03. The van der Waals surface area contributed by atoms with E-state index < -0.39 is 0 Å². The number of benzene rings is 2. The number of fused-ring (bicyclic) bond motifs is 1. The zero-order chi connectivity index (χ0) is 26.5. The number of nitrogens with one attached hydrogen (secondary N) is 1. The fraction of sp³-hybridized carbons (Fsp3) is 0.448. The highest BCUT2D eigenvalue weighted by atomic mass is 16.5. The molecule has 5 rings (SSSR count). The third-order valence-electron chi connectivity index (χ3n) is 7.63. The maximum atomic E-state index is 13.3. The number of aromatic nitrogens is 5. The average molecular weight is 517 g/mol. The Morgan fingerprint density at radius 1 is 1.03 bits per heavy atom. The molecule has 4 aromatic rings. The van der Waals surface area contributed by atoms with Crippen LogP contribution in [0.5, 0.6) is 11.5 Å². The largest absolute Gasteiger partial charge is 0.497 e. The summed E-state index contributed by atoms with van der Waals surface area (Å²) < 4.78 is 13.0. The van der Waals surface area contributed by atoms with Gasteiger partial charge in [-0.3, -0.25) is 9.69 Å². The Morgan fingerprint density at radius 3 is 2.58 bits per heavy atom. The fourth-order valence-corrected chi connectivity index (χ4v) is 5.63. The van der Waals surface area contributed by atoms with E-state index in [1.165, 1.54) is 19.3 Å². The first kappa shape index (κ1) is 25.9. The Balaban J connectivity index is 1.54. The molecule has 0 aliphatic heterocycles. The summed E-state index contributed by atoms with van der Waals surface area (Å²) in [6.45, 7) is 3.17. The molecule has 1 N–H and O–H groups in total. The molecule has 1 atom stereocenters. The van der Waals surface area contributed by atoms with Crippen LogP contribution in [-0.4, -0.2) is 44.3 Å². The van der Waals surface area contributed by atoms with Gasteiger partial charge in [-0.25, -0.2) is 4.68 Å². The maximum Gasteiger partial charge on any atom is 0.252 e. The molecular formula is C29H36N6O3. The Bertz CT molecular complexity index is 1430. The van der Waals surface area contributed by atoms with Crippen LogP contribution in [0.15, 0.2) is 53.3 Å². The monoisotopic (exact) mass is 516 g/mol. The van der Waals surface area contributed by atoms with Crippen molar-refractivity contribution in [2.45, 2.75) is 70.6 Å². The van der Waals surface area contributed by atoms with Crippen LogP contribution in [-0.2, 0) is 13.1 Å². The first-order valence-corrected chi connectivity index (χ1v) is 13.4. The quantitative estimate of drug-likeness (QED) is 0.310. The van der Waals surface area contributed by atoms with Crippen molar-refractivity contribution in [1.82, 2.24) is 30.1 Å². The second kappa shape index (κ2) is 11.8. The highest BCUT2D eigenvalue weighted by molar-refractivity contribution is 5.80. The summed E-state index contributed by atoms with van der Waals surface area (Å²) in [7, 11) is 3.31. The van der Waals surface area contributed by atoms with Crippen LogP contribution in [0, 0.1) is 0 Å². The van der Waals surface area contributed by atoms with E-state index in [0.717, 1.165) is 47.3 Å². The SMILES string of the molecule is CCC(c1nnnn1C1CCCCC1)N(Cc1ccccc1OC)Cc1cc2ccc(OC)cc2[nH]c1=O. The van der Waals surface area contributed by atoms with Gasteiger partial charge in [0.2, 0.25) is 0 Å². The van der Waals surface area contributed by atoms with Gasteiger partial charge in [-0.1, -0.05) is 44.4 Å². The molecule has 0 radical (unpaired) electrons. The lowest BCUT2D eigenvalue weighted by atomic mass is 9.95. The smallest absolute Gasteiger partial charge is 0.252 e. The molecule has 1 aliphatic carbocycles. The topological polar surface area (TPSA) is 98.2 Å². The molecule has 38 heavy (non-hydrogen) atoms. The summed E-state index contributed by atoms with van der Waals surface area (Å²) in [5, 5.41) is 14.0. The van der Waals surface area contributed by atoms with Gasteiger partial charge in [-0.2, -0.15) is 0 Å². The van der Waals surface area contributed by atoms with Crippen LogP contribution in [0.3, 0.4) is 0 Å². The fourth-order valence-electron chi connectivity index (χ4n) is 5.63. The number of hydrogen-bond acceptors (Lipinski definition) is 7. The summed E-state index contributed by atoms with van der Waals surface area (Å²) in [6, 6.07) is 16.0. The lowest BCUT2D eigenvalue weighted by molar-refractivity contribution is 0.153. The number of nitrogens with zero attached hydrogens (tertiary/aromatic N) is 5. The number of tetrazole rings is 1. The van der Waals surface area contributed by atoms with E-state index in [9.17, 15) is 4.79 Å². The van der Waals surface area contributed by atoms with Crippen LogP contribution in [0.25, 0.3) is 10.9 Å². The number of hydrogen-bond donors (Lipinski definition) is 1. The van der Waals surface area contributed by atoms with Crippen molar-refractivity contribution < 1.29 is 9.47 Å². The molecule has 1 saturated carbocycles. The van der Waals surface area contributed by atoms with E-state index in [2.05, 4.69) is 38.4 Å².